The minimum absolute atomic E-state index is 0.193. The number of piperazine rings is 1. The Hall–Kier alpha value is -2.03. The van der Waals surface area contributed by atoms with Gasteiger partial charge in [0, 0.05) is 48.1 Å². The highest BCUT2D eigenvalue weighted by atomic mass is 35.5. The largest absolute Gasteiger partial charge is 0.417 e. The fourth-order valence-electron chi connectivity index (χ4n) is 2.91. The van der Waals surface area contributed by atoms with Gasteiger partial charge in [-0.3, -0.25) is 9.69 Å². The number of alkyl halides is 3. The van der Waals surface area contributed by atoms with Gasteiger partial charge >= 0.3 is 6.18 Å². The Bertz CT molecular complexity index is 817. The highest BCUT2D eigenvalue weighted by Gasteiger charge is 2.31. The molecule has 0 bridgehead atoms. The molecule has 1 aromatic heterocycles. The molecule has 3 rings (SSSR count). The minimum Gasteiger partial charge on any atom is -0.354 e. The molecule has 0 atom stereocenters. The molecule has 28 heavy (non-hydrogen) atoms. The summed E-state index contributed by atoms with van der Waals surface area (Å²) in [5.41, 5.74) is -0.247. The fraction of sp³-hybridized carbons (Fsp3) is 0.333. The van der Waals surface area contributed by atoms with Crippen LogP contribution >= 0.6 is 23.2 Å². The summed E-state index contributed by atoms with van der Waals surface area (Å²) in [6.45, 7) is 2.50. The molecule has 1 N–H and O–H groups in total. The summed E-state index contributed by atoms with van der Waals surface area (Å²) in [7, 11) is 0. The van der Waals surface area contributed by atoms with Crippen LogP contribution in [0.2, 0.25) is 10.0 Å². The molecule has 1 saturated heterocycles. The van der Waals surface area contributed by atoms with Crippen LogP contribution in [0.15, 0.2) is 36.5 Å². The molecule has 1 fully saturated rings. The molecule has 0 aliphatic carbocycles. The van der Waals surface area contributed by atoms with E-state index in [-0.39, 0.29) is 12.5 Å². The van der Waals surface area contributed by atoms with Gasteiger partial charge < -0.3 is 10.2 Å². The number of carbonyl (C=O) groups excluding carboxylic acids is 1. The van der Waals surface area contributed by atoms with E-state index in [9.17, 15) is 18.0 Å². The molecule has 1 aromatic carbocycles. The van der Waals surface area contributed by atoms with Gasteiger partial charge in [-0.1, -0.05) is 23.2 Å². The average molecular weight is 433 g/mol. The van der Waals surface area contributed by atoms with Gasteiger partial charge in [-0.2, -0.15) is 13.2 Å². The number of carbonyl (C=O) groups is 1. The number of aromatic nitrogens is 1. The lowest BCUT2D eigenvalue weighted by Gasteiger charge is -2.35. The number of hydrogen-bond acceptors (Lipinski definition) is 4. The van der Waals surface area contributed by atoms with E-state index in [0.717, 1.165) is 12.3 Å². The highest BCUT2D eigenvalue weighted by Crippen LogP contribution is 2.29. The third-order valence-electron chi connectivity index (χ3n) is 4.29. The highest BCUT2D eigenvalue weighted by molar-refractivity contribution is 6.35. The van der Waals surface area contributed by atoms with Gasteiger partial charge in [0.25, 0.3) is 0 Å². The number of nitrogens with zero attached hydrogens (tertiary/aromatic N) is 3. The van der Waals surface area contributed by atoms with Crippen LogP contribution in [0.1, 0.15) is 5.56 Å². The fourth-order valence-corrected chi connectivity index (χ4v) is 3.43. The lowest BCUT2D eigenvalue weighted by Crippen LogP contribution is -2.48. The Kier molecular flexibility index (Phi) is 6.32. The SMILES string of the molecule is O=C(CN1CCN(c2ccc(C(F)(F)F)cn2)CC1)Nc1cc(Cl)cc(Cl)c1. The molecule has 0 radical (unpaired) electrons. The molecule has 5 nitrogen and oxygen atoms in total. The molecular formula is C18H17Cl2F3N4O. The predicted octanol–water partition coefficient (Wildman–Crippen LogP) is 4.17. The maximum atomic E-state index is 12.6. The second kappa shape index (κ2) is 8.55. The summed E-state index contributed by atoms with van der Waals surface area (Å²) in [6.07, 6.45) is -3.56. The van der Waals surface area contributed by atoms with Crippen LogP contribution in [0, 0.1) is 0 Å². The van der Waals surface area contributed by atoms with E-state index in [1.54, 1.807) is 18.2 Å². The first-order valence-corrected chi connectivity index (χ1v) is 9.23. The summed E-state index contributed by atoms with van der Waals surface area (Å²) < 4.78 is 37.9. The van der Waals surface area contributed by atoms with Crippen molar-refractivity contribution in [3.8, 4) is 0 Å². The number of nitrogens with one attached hydrogen (secondary N) is 1. The van der Waals surface area contributed by atoms with Crippen molar-refractivity contribution < 1.29 is 18.0 Å². The van der Waals surface area contributed by atoms with Crippen molar-refractivity contribution in [3.05, 3.63) is 52.1 Å². The van der Waals surface area contributed by atoms with Gasteiger partial charge in [0.2, 0.25) is 5.91 Å². The van der Waals surface area contributed by atoms with E-state index in [1.165, 1.54) is 6.07 Å². The first kappa shape index (κ1) is 20.7. The minimum atomic E-state index is -4.40. The van der Waals surface area contributed by atoms with Crippen molar-refractivity contribution in [2.75, 3.05) is 42.9 Å². The summed E-state index contributed by atoms with van der Waals surface area (Å²) in [5, 5.41) is 3.61. The van der Waals surface area contributed by atoms with E-state index in [4.69, 9.17) is 23.2 Å². The molecule has 0 spiro atoms. The molecular weight excluding hydrogens is 416 g/mol. The summed E-state index contributed by atoms with van der Waals surface area (Å²) in [4.78, 5) is 20.0. The number of anilines is 2. The van der Waals surface area contributed by atoms with E-state index in [0.29, 0.717) is 47.7 Å². The number of amides is 1. The zero-order valence-corrected chi connectivity index (χ0v) is 16.2. The Balaban J connectivity index is 1.50. The van der Waals surface area contributed by atoms with Crippen LogP contribution in [-0.4, -0.2) is 48.5 Å². The Labute approximate surface area is 170 Å². The van der Waals surface area contributed by atoms with Crippen LogP contribution in [-0.2, 0) is 11.0 Å². The number of pyridine rings is 1. The van der Waals surface area contributed by atoms with Crippen molar-refractivity contribution in [3.63, 3.8) is 0 Å². The van der Waals surface area contributed by atoms with Crippen LogP contribution < -0.4 is 10.2 Å². The maximum Gasteiger partial charge on any atom is 0.417 e. The Morgan fingerprint density at radius 1 is 1.07 bits per heavy atom. The van der Waals surface area contributed by atoms with E-state index >= 15 is 0 Å². The number of benzene rings is 1. The average Bonchev–Trinajstić information content (AvgIpc) is 2.61. The molecule has 150 valence electrons. The van der Waals surface area contributed by atoms with Gasteiger partial charge in [-0.05, 0) is 30.3 Å². The molecule has 1 aliphatic heterocycles. The van der Waals surface area contributed by atoms with Crippen molar-refractivity contribution in [2.45, 2.75) is 6.18 Å². The zero-order chi connectivity index (χ0) is 20.3. The summed E-state index contributed by atoms with van der Waals surface area (Å²) >= 11 is 11.8. The maximum absolute atomic E-state index is 12.6. The molecule has 1 amide bonds. The van der Waals surface area contributed by atoms with E-state index < -0.39 is 11.7 Å². The van der Waals surface area contributed by atoms with E-state index in [1.807, 2.05) is 9.80 Å². The standard InChI is InChI=1S/C18H17Cl2F3N4O/c19-13-7-14(20)9-15(8-13)25-17(28)11-26-3-5-27(6-4-26)16-2-1-12(10-24-16)18(21,22)23/h1-2,7-10H,3-6,11H2,(H,25,28). The molecule has 2 aromatic rings. The molecule has 2 heterocycles. The van der Waals surface area contributed by atoms with Crippen LogP contribution in [0.5, 0.6) is 0 Å². The van der Waals surface area contributed by atoms with Crippen LogP contribution in [0.25, 0.3) is 0 Å². The van der Waals surface area contributed by atoms with Gasteiger partial charge in [0.1, 0.15) is 5.82 Å². The monoisotopic (exact) mass is 432 g/mol. The smallest absolute Gasteiger partial charge is 0.354 e. The molecule has 10 heteroatoms. The van der Waals surface area contributed by atoms with Gasteiger partial charge in [-0.25, -0.2) is 4.98 Å². The van der Waals surface area contributed by atoms with Crippen molar-refractivity contribution in [1.82, 2.24) is 9.88 Å². The Morgan fingerprint density at radius 3 is 2.25 bits per heavy atom. The van der Waals surface area contributed by atoms with Gasteiger partial charge in [0.05, 0.1) is 12.1 Å². The first-order chi connectivity index (χ1) is 13.2. The van der Waals surface area contributed by atoms with Crippen LogP contribution in [0.3, 0.4) is 0 Å². The summed E-state index contributed by atoms with van der Waals surface area (Å²) in [6, 6.07) is 7.19. The lowest BCUT2D eigenvalue weighted by molar-refractivity contribution is -0.137. The zero-order valence-electron chi connectivity index (χ0n) is 14.6. The second-order valence-corrected chi connectivity index (χ2v) is 7.25. The number of rotatable bonds is 4. The molecule has 1 aliphatic rings. The molecule has 0 saturated carbocycles. The number of halogens is 5. The second-order valence-electron chi connectivity index (χ2n) is 6.37. The third kappa shape index (κ3) is 5.50. The van der Waals surface area contributed by atoms with Crippen LogP contribution in [0.4, 0.5) is 24.7 Å². The van der Waals surface area contributed by atoms with Gasteiger partial charge in [-0.15, -0.1) is 0 Å². The quantitative estimate of drug-likeness (QED) is 0.787. The van der Waals surface area contributed by atoms with Crippen molar-refractivity contribution >= 4 is 40.6 Å². The summed E-state index contributed by atoms with van der Waals surface area (Å²) in [5.74, 6) is 0.296. The number of hydrogen-bond donors (Lipinski definition) is 1. The Morgan fingerprint density at radius 2 is 1.71 bits per heavy atom. The van der Waals surface area contributed by atoms with E-state index in [2.05, 4.69) is 10.3 Å². The lowest BCUT2D eigenvalue weighted by atomic mass is 10.2. The third-order valence-corrected chi connectivity index (χ3v) is 4.72. The van der Waals surface area contributed by atoms with Gasteiger partial charge in [0.15, 0.2) is 0 Å². The predicted molar refractivity (Wildman–Crippen MR) is 103 cm³/mol. The molecule has 0 unspecified atom stereocenters. The van der Waals surface area contributed by atoms with Crippen molar-refractivity contribution in [1.29, 1.82) is 0 Å². The van der Waals surface area contributed by atoms with Crippen molar-refractivity contribution in [2.24, 2.45) is 0 Å². The topological polar surface area (TPSA) is 48.5 Å². The normalized spacial score (nSPS) is 15.5. The first-order valence-electron chi connectivity index (χ1n) is 8.47.